The van der Waals surface area contributed by atoms with E-state index in [1.54, 1.807) is 43.1 Å². The third kappa shape index (κ3) is 4.16. The lowest BCUT2D eigenvalue weighted by Gasteiger charge is -2.16. The minimum atomic E-state index is -0.479. The first kappa shape index (κ1) is 17.0. The molecular weight excluding hydrogens is 338 g/mol. The smallest absolute Gasteiger partial charge is 0.242 e. The fraction of sp³-hybridized carbons (Fsp3) is 0.176. The van der Waals surface area contributed by atoms with Crippen molar-refractivity contribution in [2.75, 3.05) is 12.4 Å². The van der Waals surface area contributed by atoms with Crippen LogP contribution in [0.15, 0.2) is 59.8 Å². The number of nitrogens with one attached hydrogen (secondary N) is 1. The first-order valence-electron chi connectivity index (χ1n) is 7.56. The van der Waals surface area contributed by atoms with Gasteiger partial charge in [-0.3, -0.25) is 4.79 Å². The molecule has 1 amide bonds. The van der Waals surface area contributed by atoms with Crippen LogP contribution < -0.4 is 10.1 Å². The van der Waals surface area contributed by atoms with Crippen LogP contribution in [-0.4, -0.2) is 33.2 Å². The highest BCUT2D eigenvalue weighted by Crippen LogP contribution is 2.34. The van der Waals surface area contributed by atoms with Crippen molar-refractivity contribution in [2.24, 2.45) is 7.05 Å². The van der Waals surface area contributed by atoms with Gasteiger partial charge < -0.3 is 10.1 Å². The maximum Gasteiger partial charge on any atom is 0.242 e. The molecule has 3 rings (SSSR count). The van der Waals surface area contributed by atoms with E-state index in [9.17, 15) is 4.79 Å². The number of amides is 1. The average molecular weight is 355 g/mol. The zero-order valence-electron chi connectivity index (χ0n) is 13.8. The van der Waals surface area contributed by atoms with Gasteiger partial charge in [0.05, 0.1) is 7.11 Å². The SMILES string of the molecule is COc1ccc(NC(=O)C(Sc2nnnn2C)c2ccccc2)cc1. The third-order valence-electron chi connectivity index (χ3n) is 3.50. The summed E-state index contributed by atoms with van der Waals surface area (Å²) in [5, 5.41) is 14.4. The molecule has 0 spiro atoms. The van der Waals surface area contributed by atoms with Gasteiger partial charge in [-0.15, -0.1) is 5.10 Å². The topological polar surface area (TPSA) is 81.9 Å². The van der Waals surface area contributed by atoms with E-state index in [0.717, 1.165) is 11.3 Å². The molecule has 0 saturated carbocycles. The molecular formula is C17H17N5O2S. The number of hydrogen-bond donors (Lipinski definition) is 1. The molecule has 0 saturated heterocycles. The summed E-state index contributed by atoms with van der Waals surface area (Å²) >= 11 is 1.30. The minimum absolute atomic E-state index is 0.149. The molecule has 128 valence electrons. The highest BCUT2D eigenvalue weighted by molar-refractivity contribution is 8.00. The third-order valence-corrected chi connectivity index (χ3v) is 4.78. The van der Waals surface area contributed by atoms with Crippen molar-refractivity contribution in [2.45, 2.75) is 10.4 Å². The van der Waals surface area contributed by atoms with E-state index >= 15 is 0 Å². The Labute approximate surface area is 149 Å². The summed E-state index contributed by atoms with van der Waals surface area (Å²) in [6.45, 7) is 0. The number of methoxy groups -OCH3 is 1. The Morgan fingerprint density at radius 3 is 2.48 bits per heavy atom. The Morgan fingerprint density at radius 1 is 1.16 bits per heavy atom. The summed E-state index contributed by atoms with van der Waals surface area (Å²) in [6, 6.07) is 16.7. The second-order valence-corrected chi connectivity index (χ2v) is 6.28. The first-order valence-corrected chi connectivity index (χ1v) is 8.44. The predicted molar refractivity (Wildman–Crippen MR) is 95.5 cm³/mol. The molecule has 2 aromatic carbocycles. The number of carbonyl (C=O) groups excluding carboxylic acids is 1. The molecule has 8 heteroatoms. The molecule has 1 atom stereocenters. The summed E-state index contributed by atoms with van der Waals surface area (Å²) in [5.74, 6) is 0.585. The number of ether oxygens (including phenoxy) is 1. The molecule has 0 bridgehead atoms. The minimum Gasteiger partial charge on any atom is -0.497 e. The Hall–Kier alpha value is -2.87. The van der Waals surface area contributed by atoms with Crippen LogP contribution in [0.1, 0.15) is 10.8 Å². The molecule has 1 aromatic heterocycles. The van der Waals surface area contributed by atoms with Crippen LogP contribution in [0.3, 0.4) is 0 Å². The van der Waals surface area contributed by atoms with Crippen LogP contribution in [0.5, 0.6) is 5.75 Å². The van der Waals surface area contributed by atoms with Crippen molar-refractivity contribution >= 4 is 23.4 Å². The molecule has 7 nitrogen and oxygen atoms in total. The molecule has 1 unspecified atom stereocenters. The number of hydrogen-bond acceptors (Lipinski definition) is 6. The van der Waals surface area contributed by atoms with Gasteiger partial charge in [-0.2, -0.15) is 0 Å². The van der Waals surface area contributed by atoms with Gasteiger partial charge in [0, 0.05) is 12.7 Å². The van der Waals surface area contributed by atoms with E-state index in [1.807, 2.05) is 30.3 Å². The highest BCUT2D eigenvalue weighted by atomic mass is 32.2. The van der Waals surface area contributed by atoms with E-state index in [4.69, 9.17) is 4.74 Å². The van der Waals surface area contributed by atoms with Crippen molar-refractivity contribution in [1.82, 2.24) is 20.2 Å². The van der Waals surface area contributed by atoms with Gasteiger partial charge in [0.2, 0.25) is 11.1 Å². The highest BCUT2D eigenvalue weighted by Gasteiger charge is 2.24. The molecule has 0 aliphatic rings. The van der Waals surface area contributed by atoms with Gasteiger partial charge in [-0.05, 0) is 40.3 Å². The van der Waals surface area contributed by atoms with E-state index in [1.165, 1.54) is 11.8 Å². The van der Waals surface area contributed by atoms with E-state index < -0.39 is 5.25 Å². The van der Waals surface area contributed by atoms with Gasteiger partial charge in [0.15, 0.2) is 0 Å². The predicted octanol–water partition coefficient (Wildman–Crippen LogP) is 2.69. The molecule has 1 heterocycles. The van der Waals surface area contributed by atoms with Crippen LogP contribution in [0, 0.1) is 0 Å². The van der Waals surface area contributed by atoms with Crippen molar-refractivity contribution in [1.29, 1.82) is 0 Å². The maximum absolute atomic E-state index is 12.9. The number of aryl methyl sites for hydroxylation is 1. The fourth-order valence-electron chi connectivity index (χ4n) is 2.21. The van der Waals surface area contributed by atoms with E-state index in [2.05, 4.69) is 20.8 Å². The number of anilines is 1. The summed E-state index contributed by atoms with van der Waals surface area (Å²) < 4.78 is 6.68. The number of nitrogens with zero attached hydrogens (tertiary/aromatic N) is 4. The summed E-state index contributed by atoms with van der Waals surface area (Å²) in [5.41, 5.74) is 1.57. The van der Waals surface area contributed by atoms with Crippen LogP contribution in [0.25, 0.3) is 0 Å². The molecule has 0 fully saturated rings. The van der Waals surface area contributed by atoms with Crippen LogP contribution in [0.4, 0.5) is 5.69 Å². The Morgan fingerprint density at radius 2 is 1.88 bits per heavy atom. The second-order valence-electron chi connectivity index (χ2n) is 5.21. The maximum atomic E-state index is 12.9. The normalized spacial score (nSPS) is 11.8. The lowest BCUT2D eigenvalue weighted by Crippen LogP contribution is -2.19. The summed E-state index contributed by atoms with van der Waals surface area (Å²) in [6.07, 6.45) is 0. The van der Waals surface area contributed by atoms with Crippen LogP contribution in [-0.2, 0) is 11.8 Å². The number of carbonyl (C=O) groups is 1. The van der Waals surface area contributed by atoms with E-state index in [0.29, 0.717) is 10.8 Å². The Balaban J connectivity index is 1.82. The van der Waals surface area contributed by atoms with Crippen LogP contribution in [0.2, 0.25) is 0 Å². The summed E-state index contributed by atoms with van der Waals surface area (Å²) in [4.78, 5) is 12.9. The molecule has 0 aliphatic carbocycles. The summed E-state index contributed by atoms with van der Waals surface area (Å²) in [7, 11) is 3.34. The second kappa shape index (κ2) is 7.80. The fourth-order valence-corrected chi connectivity index (χ4v) is 3.15. The largest absolute Gasteiger partial charge is 0.497 e. The molecule has 0 aliphatic heterocycles. The number of aromatic nitrogens is 4. The van der Waals surface area contributed by atoms with Crippen molar-refractivity contribution in [3.63, 3.8) is 0 Å². The number of thioether (sulfide) groups is 1. The standard InChI is InChI=1S/C17H17N5O2S/c1-22-17(19-20-21-22)25-15(12-6-4-3-5-7-12)16(23)18-13-8-10-14(24-2)11-9-13/h3-11,15H,1-2H3,(H,18,23). The van der Waals surface area contributed by atoms with Gasteiger partial charge in [-0.25, -0.2) is 4.68 Å². The number of rotatable bonds is 6. The number of tetrazole rings is 1. The monoisotopic (exact) mass is 355 g/mol. The molecule has 3 aromatic rings. The first-order chi connectivity index (χ1) is 12.2. The van der Waals surface area contributed by atoms with Crippen molar-refractivity contribution in [3.8, 4) is 5.75 Å². The molecule has 1 N–H and O–H groups in total. The quantitative estimate of drug-likeness (QED) is 0.685. The van der Waals surface area contributed by atoms with Gasteiger partial charge >= 0.3 is 0 Å². The van der Waals surface area contributed by atoms with E-state index in [-0.39, 0.29) is 5.91 Å². The molecule has 0 radical (unpaired) electrons. The van der Waals surface area contributed by atoms with Crippen molar-refractivity contribution < 1.29 is 9.53 Å². The Kier molecular flexibility index (Phi) is 5.30. The lowest BCUT2D eigenvalue weighted by atomic mass is 10.1. The van der Waals surface area contributed by atoms with Gasteiger partial charge in [0.25, 0.3) is 0 Å². The van der Waals surface area contributed by atoms with Crippen LogP contribution >= 0.6 is 11.8 Å². The zero-order chi connectivity index (χ0) is 17.6. The zero-order valence-corrected chi connectivity index (χ0v) is 14.6. The number of benzene rings is 2. The lowest BCUT2D eigenvalue weighted by molar-refractivity contribution is -0.115. The van der Waals surface area contributed by atoms with Gasteiger partial charge in [0.1, 0.15) is 11.0 Å². The average Bonchev–Trinajstić information content (AvgIpc) is 3.05. The molecule has 25 heavy (non-hydrogen) atoms. The van der Waals surface area contributed by atoms with Crippen molar-refractivity contribution in [3.05, 3.63) is 60.2 Å². The van der Waals surface area contributed by atoms with Gasteiger partial charge in [-0.1, -0.05) is 42.1 Å². The Bertz CT molecular complexity index is 836.